The number of methoxy groups -OCH3 is 2. The minimum Gasteiger partial charge on any atom is -0.493 e. The largest absolute Gasteiger partial charge is 0.493 e. The fourth-order valence-corrected chi connectivity index (χ4v) is 3.62. The number of ether oxygens (including phenoxy) is 4. The molecule has 0 radical (unpaired) electrons. The molecule has 2 aliphatic heterocycles. The number of nitrogens with one attached hydrogen (secondary N) is 1. The number of carbonyl (C=O) groups excluding carboxylic acids is 1. The molecule has 2 aliphatic rings. The molecular weight excluding hydrogens is 386 g/mol. The van der Waals surface area contributed by atoms with Crippen LogP contribution in [0, 0.1) is 0 Å². The minimum atomic E-state index is -1.33. The Morgan fingerprint density at radius 1 is 1.03 bits per heavy atom. The van der Waals surface area contributed by atoms with Crippen molar-refractivity contribution in [2.24, 2.45) is 0 Å². The van der Waals surface area contributed by atoms with Crippen molar-refractivity contribution in [1.82, 2.24) is 5.32 Å². The maximum atomic E-state index is 12.6. The van der Waals surface area contributed by atoms with Gasteiger partial charge in [-0.2, -0.15) is 0 Å². The zero-order chi connectivity index (χ0) is 21.5. The van der Waals surface area contributed by atoms with Gasteiger partial charge in [0, 0.05) is 11.4 Å². The number of dihydropyridines is 1. The molecule has 0 atom stereocenters. The highest BCUT2D eigenvalue weighted by Crippen LogP contribution is 2.50. The summed E-state index contributed by atoms with van der Waals surface area (Å²) in [6.07, 6.45) is 0. The van der Waals surface area contributed by atoms with Crippen LogP contribution in [0.15, 0.2) is 28.6 Å². The summed E-state index contributed by atoms with van der Waals surface area (Å²) in [4.78, 5) is 36.7. The molecule has 3 N–H and O–H groups in total. The molecule has 0 saturated heterocycles. The lowest BCUT2D eigenvalue weighted by Gasteiger charge is -2.30. The summed E-state index contributed by atoms with van der Waals surface area (Å²) < 4.78 is 20.9. The number of carbonyl (C=O) groups is 3. The number of carboxylic acid groups (broad SMARTS) is 2. The van der Waals surface area contributed by atoms with Crippen molar-refractivity contribution in [3.63, 3.8) is 0 Å². The number of fused-ring (bicyclic) bond motifs is 1. The lowest BCUT2D eigenvalue weighted by atomic mass is 9.78. The summed E-state index contributed by atoms with van der Waals surface area (Å²) in [6.45, 7) is 2.84. The maximum Gasteiger partial charge on any atom is 0.342 e. The van der Waals surface area contributed by atoms with Crippen LogP contribution in [0.4, 0.5) is 0 Å². The molecule has 0 unspecified atom stereocenters. The van der Waals surface area contributed by atoms with Crippen LogP contribution in [0.3, 0.4) is 0 Å². The maximum absolute atomic E-state index is 12.6. The zero-order valence-corrected chi connectivity index (χ0v) is 16.1. The average Bonchev–Trinajstić information content (AvgIpc) is 3.14. The molecule has 0 aromatic heterocycles. The fourth-order valence-electron chi connectivity index (χ4n) is 3.62. The zero-order valence-electron chi connectivity index (χ0n) is 16.1. The lowest BCUT2D eigenvalue weighted by molar-refractivity contribution is -0.133. The van der Waals surface area contributed by atoms with E-state index >= 15 is 0 Å². The first-order valence-corrected chi connectivity index (χ1v) is 8.46. The number of rotatable bonds is 5. The molecule has 2 heterocycles. The minimum absolute atomic E-state index is 0.00881. The third kappa shape index (κ3) is 3.12. The van der Waals surface area contributed by atoms with Gasteiger partial charge in [0.25, 0.3) is 0 Å². The van der Waals surface area contributed by atoms with Gasteiger partial charge in [-0.15, -0.1) is 0 Å². The van der Waals surface area contributed by atoms with E-state index in [0.717, 1.165) is 7.11 Å². The van der Waals surface area contributed by atoms with Gasteiger partial charge in [0.1, 0.15) is 5.56 Å². The second-order valence-electron chi connectivity index (χ2n) is 6.35. The molecule has 0 amide bonds. The molecule has 3 rings (SSSR count). The number of hydrogen-bond donors (Lipinski definition) is 3. The van der Waals surface area contributed by atoms with Crippen LogP contribution >= 0.6 is 0 Å². The van der Waals surface area contributed by atoms with E-state index in [9.17, 15) is 24.6 Å². The second-order valence-corrected chi connectivity index (χ2v) is 6.35. The van der Waals surface area contributed by atoms with E-state index in [1.54, 1.807) is 0 Å². The van der Waals surface area contributed by atoms with Crippen LogP contribution in [0.1, 0.15) is 35.7 Å². The molecule has 0 fully saturated rings. The van der Waals surface area contributed by atoms with Gasteiger partial charge in [-0.25, -0.2) is 14.4 Å². The topological polar surface area (TPSA) is 141 Å². The van der Waals surface area contributed by atoms with E-state index in [1.807, 2.05) is 0 Å². The highest BCUT2D eigenvalue weighted by Gasteiger charge is 2.41. The summed E-state index contributed by atoms with van der Waals surface area (Å²) in [7, 11) is 2.51. The Hall–Kier alpha value is -3.69. The Kier molecular flexibility index (Phi) is 5.10. The smallest absolute Gasteiger partial charge is 0.342 e. The monoisotopic (exact) mass is 405 g/mol. The predicted molar refractivity (Wildman–Crippen MR) is 97.0 cm³/mol. The number of aliphatic carboxylic acids is 2. The lowest BCUT2D eigenvalue weighted by Crippen LogP contribution is -2.32. The van der Waals surface area contributed by atoms with Gasteiger partial charge in [0.2, 0.25) is 12.5 Å². The Labute approximate surface area is 165 Å². The standard InChI is InChI=1S/C19H19NO9/c1-7-11(17(21)22)13(12(18(23)24)8(2)20-7)9-5-10(26-3)15-16(29-6-28-15)14(9)19(25)27-4/h5,13,20H,6H2,1-4H3,(H,21,22)(H,23,24). The Morgan fingerprint density at radius 3 is 2.07 bits per heavy atom. The van der Waals surface area contributed by atoms with Gasteiger partial charge in [-0.3, -0.25) is 0 Å². The average molecular weight is 405 g/mol. The van der Waals surface area contributed by atoms with Crippen LogP contribution in [-0.2, 0) is 14.3 Å². The van der Waals surface area contributed by atoms with Crippen molar-refractivity contribution in [1.29, 1.82) is 0 Å². The number of esters is 1. The normalized spacial score (nSPS) is 15.9. The summed E-state index contributed by atoms with van der Waals surface area (Å²) in [5, 5.41) is 22.4. The molecule has 154 valence electrons. The van der Waals surface area contributed by atoms with Crippen LogP contribution < -0.4 is 19.5 Å². The number of benzene rings is 1. The summed E-state index contributed by atoms with van der Waals surface area (Å²) >= 11 is 0. The quantitative estimate of drug-likeness (QED) is 0.619. The number of allylic oxidation sites excluding steroid dienone is 2. The highest BCUT2D eigenvalue weighted by molar-refractivity contribution is 6.02. The molecule has 1 aromatic rings. The van der Waals surface area contributed by atoms with Crippen molar-refractivity contribution in [3.05, 3.63) is 39.7 Å². The first-order chi connectivity index (χ1) is 13.7. The van der Waals surface area contributed by atoms with E-state index < -0.39 is 23.8 Å². The number of carboxylic acids is 2. The molecule has 0 saturated carbocycles. The van der Waals surface area contributed by atoms with Crippen molar-refractivity contribution in [2.75, 3.05) is 21.0 Å². The van der Waals surface area contributed by atoms with Crippen LogP contribution in [-0.4, -0.2) is 49.1 Å². The van der Waals surface area contributed by atoms with Gasteiger partial charge >= 0.3 is 17.9 Å². The fraction of sp³-hybridized carbons (Fsp3) is 0.316. The molecule has 0 aliphatic carbocycles. The van der Waals surface area contributed by atoms with E-state index in [1.165, 1.54) is 27.0 Å². The van der Waals surface area contributed by atoms with Crippen molar-refractivity contribution < 1.29 is 43.5 Å². The van der Waals surface area contributed by atoms with Crippen LogP contribution in [0.5, 0.6) is 17.2 Å². The van der Waals surface area contributed by atoms with Gasteiger partial charge in [0.05, 0.1) is 31.3 Å². The molecule has 10 nitrogen and oxygen atoms in total. The Balaban J connectivity index is 2.42. The van der Waals surface area contributed by atoms with Crippen molar-refractivity contribution in [2.45, 2.75) is 19.8 Å². The van der Waals surface area contributed by atoms with E-state index in [0.29, 0.717) is 0 Å². The van der Waals surface area contributed by atoms with Gasteiger partial charge in [0.15, 0.2) is 11.5 Å². The summed E-state index contributed by atoms with van der Waals surface area (Å²) in [6, 6.07) is 1.38. The Bertz CT molecular complexity index is 954. The first kappa shape index (κ1) is 20.1. The molecule has 10 heteroatoms. The summed E-state index contributed by atoms with van der Waals surface area (Å²) in [5.74, 6) is -4.45. The summed E-state index contributed by atoms with van der Waals surface area (Å²) in [5.41, 5.74) is -0.00760. The third-order valence-corrected chi connectivity index (χ3v) is 4.78. The first-order valence-electron chi connectivity index (χ1n) is 8.46. The van der Waals surface area contributed by atoms with E-state index in [2.05, 4.69) is 5.32 Å². The van der Waals surface area contributed by atoms with Gasteiger partial charge < -0.3 is 34.5 Å². The van der Waals surface area contributed by atoms with Crippen molar-refractivity contribution >= 4 is 17.9 Å². The molecule has 29 heavy (non-hydrogen) atoms. The third-order valence-electron chi connectivity index (χ3n) is 4.78. The highest BCUT2D eigenvalue weighted by atomic mass is 16.7. The number of hydrogen-bond acceptors (Lipinski definition) is 8. The molecule has 0 bridgehead atoms. The van der Waals surface area contributed by atoms with Gasteiger partial charge in [-0.05, 0) is 25.5 Å². The molecular formula is C19H19NO9. The van der Waals surface area contributed by atoms with Crippen LogP contribution in [0.2, 0.25) is 0 Å². The second kappa shape index (κ2) is 7.38. The van der Waals surface area contributed by atoms with Crippen LogP contribution in [0.25, 0.3) is 0 Å². The molecule has 0 spiro atoms. The van der Waals surface area contributed by atoms with Gasteiger partial charge in [-0.1, -0.05) is 0 Å². The molecule has 1 aromatic carbocycles. The SMILES string of the molecule is COC(=O)c1c(C2C(C(=O)O)=C(C)NC(C)=C2C(=O)O)cc(OC)c2c1OCO2. The van der Waals surface area contributed by atoms with Crippen molar-refractivity contribution in [3.8, 4) is 17.2 Å². The predicted octanol–water partition coefficient (Wildman–Crippen LogP) is 1.61. The van der Waals surface area contributed by atoms with E-state index in [-0.39, 0.29) is 57.7 Å². The Morgan fingerprint density at radius 2 is 1.59 bits per heavy atom. The van der Waals surface area contributed by atoms with E-state index in [4.69, 9.17) is 18.9 Å².